The second-order valence-corrected chi connectivity index (χ2v) is 3.21. The van der Waals surface area contributed by atoms with Crippen LogP contribution in [0.5, 0.6) is 11.8 Å². The third-order valence-electron chi connectivity index (χ3n) is 1.99. The highest BCUT2D eigenvalue weighted by Crippen LogP contribution is 2.23. The van der Waals surface area contributed by atoms with Gasteiger partial charge in [-0.1, -0.05) is 6.07 Å². The predicted molar refractivity (Wildman–Crippen MR) is 55.4 cm³/mol. The zero-order valence-corrected chi connectivity index (χ0v) is 8.80. The number of hydrogen-bond acceptors (Lipinski definition) is 4. The Bertz CT molecular complexity index is 587. The summed E-state index contributed by atoms with van der Waals surface area (Å²) in [6.45, 7) is 0. The Morgan fingerprint density at radius 2 is 1.89 bits per heavy atom. The molecule has 5 nitrogen and oxygen atoms in total. The molecule has 0 aliphatic rings. The van der Waals surface area contributed by atoms with Gasteiger partial charge < -0.3 is 9.84 Å². The van der Waals surface area contributed by atoms with Gasteiger partial charge in [-0.05, 0) is 12.1 Å². The van der Waals surface area contributed by atoms with Gasteiger partial charge in [-0.25, -0.2) is 19.2 Å². The quantitative estimate of drug-likeness (QED) is 0.906. The number of carboxylic acids is 1. The fraction of sp³-hybridized carbons (Fsp3) is 0. The highest BCUT2D eigenvalue weighted by Gasteiger charge is 2.11. The summed E-state index contributed by atoms with van der Waals surface area (Å²) in [5, 5.41) is 8.62. The molecule has 0 saturated carbocycles. The largest absolute Gasteiger partial charge is 0.478 e. The molecule has 0 aliphatic heterocycles. The molecule has 18 heavy (non-hydrogen) atoms. The van der Waals surface area contributed by atoms with Crippen molar-refractivity contribution < 1.29 is 23.4 Å². The van der Waals surface area contributed by atoms with Crippen LogP contribution in [0.15, 0.2) is 30.6 Å². The molecule has 2 rings (SSSR count). The van der Waals surface area contributed by atoms with Crippen LogP contribution in [0.2, 0.25) is 0 Å². The van der Waals surface area contributed by atoms with Gasteiger partial charge in [0.15, 0.2) is 11.6 Å². The molecule has 1 aromatic heterocycles. The first-order valence-corrected chi connectivity index (χ1v) is 4.75. The Morgan fingerprint density at radius 3 is 2.50 bits per heavy atom. The molecule has 2 aromatic rings. The minimum Gasteiger partial charge on any atom is -0.478 e. The number of ether oxygens (including phenoxy) is 1. The number of carbonyl (C=O) groups is 1. The van der Waals surface area contributed by atoms with Crippen molar-refractivity contribution in [1.82, 2.24) is 9.97 Å². The van der Waals surface area contributed by atoms with Crippen molar-refractivity contribution in [3.05, 3.63) is 47.8 Å². The van der Waals surface area contributed by atoms with E-state index in [1.165, 1.54) is 12.1 Å². The van der Waals surface area contributed by atoms with E-state index in [1.807, 2.05) is 0 Å². The topological polar surface area (TPSA) is 72.3 Å². The van der Waals surface area contributed by atoms with Crippen molar-refractivity contribution in [3.8, 4) is 11.8 Å². The van der Waals surface area contributed by atoms with Gasteiger partial charge in [-0.3, -0.25) is 0 Å². The second-order valence-electron chi connectivity index (χ2n) is 3.21. The van der Waals surface area contributed by atoms with Crippen LogP contribution in [0.3, 0.4) is 0 Å². The van der Waals surface area contributed by atoms with Crippen LogP contribution in [0.4, 0.5) is 8.78 Å². The molecule has 7 heteroatoms. The van der Waals surface area contributed by atoms with Crippen molar-refractivity contribution in [1.29, 1.82) is 0 Å². The maximum Gasteiger partial charge on any atom is 0.338 e. The van der Waals surface area contributed by atoms with Crippen molar-refractivity contribution in [2.75, 3.05) is 0 Å². The number of aromatic nitrogens is 2. The van der Waals surface area contributed by atoms with E-state index in [4.69, 9.17) is 9.84 Å². The molecule has 0 atom stereocenters. The molecular weight excluding hydrogens is 246 g/mol. The normalized spacial score (nSPS) is 10.1. The summed E-state index contributed by atoms with van der Waals surface area (Å²) in [7, 11) is 0. The van der Waals surface area contributed by atoms with E-state index in [2.05, 4.69) is 9.97 Å². The summed E-state index contributed by atoms with van der Waals surface area (Å²) < 4.78 is 31.0. The smallest absolute Gasteiger partial charge is 0.338 e. The molecule has 0 unspecified atom stereocenters. The number of aromatic carboxylic acids is 1. The first-order valence-electron chi connectivity index (χ1n) is 4.75. The molecule has 0 amide bonds. The second kappa shape index (κ2) is 4.74. The standard InChI is InChI=1S/C11H6F2N2O3/c12-7-2-1-3-8(9(7)13)18-11-14-4-6(5-15-11)10(16)17/h1-5H,(H,16,17). The lowest BCUT2D eigenvalue weighted by Crippen LogP contribution is -2.00. The lowest BCUT2D eigenvalue weighted by atomic mass is 10.3. The minimum atomic E-state index is -1.20. The summed E-state index contributed by atoms with van der Waals surface area (Å²) in [6, 6.07) is 3.13. The number of rotatable bonds is 3. The molecule has 1 heterocycles. The lowest BCUT2D eigenvalue weighted by molar-refractivity contribution is 0.0696. The monoisotopic (exact) mass is 252 g/mol. The highest BCUT2D eigenvalue weighted by atomic mass is 19.2. The van der Waals surface area contributed by atoms with E-state index in [0.29, 0.717) is 0 Å². The number of benzene rings is 1. The lowest BCUT2D eigenvalue weighted by Gasteiger charge is -2.04. The Kier molecular flexibility index (Phi) is 3.13. The number of carboxylic acid groups (broad SMARTS) is 1. The van der Waals surface area contributed by atoms with E-state index in [-0.39, 0.29) is 17.3 Å². The van der Waals surface area contributed by atoms with E-state index >= 15 is 0 Å². The number of nitrogens with zero attached hydrogens (tertiary/aromatic N) is 2. The van der Waals surface area contributed by atoms with Gasteiger partial charge in [0.25, 0.3) is 0 Å². The average Bonchev–Trinajstić information content (AvgIpc) is 2.36. The van der Waals surface area contributed by atoms with E-state index in [1.54, 1.807) is 0 Å². The molecule has 1 N–H and O–H groups in total. The summed E-state index contributed by atoms with van der Waals surface area (Å²) in [6.07, 6.45) is 2.00. The van der Waals surface area contributed by atoms with Gasteiger partial charge in [0.1, 0.15) is 0 Å². The van der Waals surface area contributed by atoms with Crippen LogP contribution in [0.25, 0.3) is 0 Å². The van der Waals surface area contributed by atoms with E-state index in [9.17, 15) is 13.6 Å². The Hall–Kier alpha value is -2.57. The van der Waals surface area contributed by atoms with Crippen molar-refractivity contribution >= 4 is 5.97 Å². The summed E-state index contributed by atoms with van der Waals surface area (Å²) in [4.78, 5) is 17.7. The molecule has 0 saturated heterocycles. The summed E-state index contributed by atoms with van der Waals surface area (Å²) in [5.41, 5.74) is -0.137. The third kappa shape index (κ3) is 2.40. The van der Waals surface area contributed by atoms with E-state index in [0.717, 1.165) is 18.5 Å². The van der Waals surface area contributed by atoms with Crippen molar-refractivity contribution in [2.24, 2.45) is 0 Å². The fourth-order valence-corrected chi connectivity index (χ4v) is 1.14. The predicted octanol–water partition coefficient (Wildman–Crippen LogP) is 2.25. The van der Waals surface area contributed by atoms with Crippen LogP contribution >= 0.6 is 0 Å². The van der Waals surface area contributed by atoms with Gasteiger partial charge in [0, 0.05) is 12.4 Å². The van der Waals surface area contributed by atoms with Gasteiger partial charge >= 0.3 is 12.0 Å². The fourth-order valence-electron chi connectivity index (χ4n) is 1.14. The molecule has 0 spiro atoms. The first-order chi connectivity index (χ1) is 8.58. The Balaban J connectivity index is 2.24. The van der Waals surface area contributed by atoms with Crippen LogP contribution in [0, 0.1) is 11.6 Å². The van der Waals surface area contributed by atoms with Crippen molar-refractivity contribution in [3.63, 3.8) is 0 Å². The molecule has 0 bridgehead atoms. The van der Waals surface area contributed by atoms with Gasteiger partial charge in [-0.2, -0.15) is 4.39 Å². The van der Waals surface area contributed by atoms with Crippen LogP contribution in [-0.2, 0) is 0 Å². The van der Waals surface area contributed by atoms with Crippen LogP contribution in [0.1, 0.15) is 10.4 Å². The SMILES string of the molecule is O=C(O)c1cnc(Oc2cccc(F)c2F)nc1. The number of hydrogen-bond donors (Lipinski definition) is 1. The Morgan fingerprint density at radius 1 is 1.22 bits per heavy atom. The van der Waals surface area contributed by atoms with Crippen LogP contribution < -0.4 is 4.74 Å². The van der Waals surface area contributed by atoms with Gasteiger partial charge in [0.05, 0.1) is 5.56 Å². The van der Waals surface area contributed by atoms with Gasteiger partial charge in [-0.15, -0.1) is 0 Å². The highest BCUT2D eigenvalue weighted by molar-refractivity contribution is 5.86. The summed E-state index contributed by atoms with van der Waals surface area (Å²) in [5.74, 6) is -3.80. The molecule has 0 fully saturated rings. The average molecular weight is 252 g/mol. The summed E-state index contributed by atoms with van der Waals surface area (Å²) >= 11 is 0. The number of halogens is 2. The van der Waals surface area contributed by atoms with Crippen molar-refractivity contribution in [2.45, 2.75) is 0 Å². The molecule has 92 valence electrons. The molecular formula is C11H6F2N2O3. The van der Waals surface area contributed by atoms with E-state index < -0.39 is 17.6 Å². The maximum absolute atomic E-state index is 13.2. The molecule has 1 aromatic carbocycles. The molecule has 0 radical (unpaired) electrons. The first kappa shape index (κ1) is 11.9. The zero-order valence-electron chi connectivity index (χ0n) is 8.80. The third-order valence-corrected chi connectivity index (χ3v) is 1.99. The van der Waals surface area contributed by atoms with Crippen LogP contribution in [-0.4, -0.2) is 21.0 Å². The Labute approximate surface area is 99.7 Å². The minimum absolute atomic E-state index is 0.137. The maximum atomic E-state index is 13.2. The molecule has 0 aliphatic carbocycles. The zero-order chi connectivity index (χ0) is 13.1. The van der Waals surface area contributed by atoms with Gasteiger partial charge in [0.2, 0.25) is 5.82 Å².